The summed E-state index contributed by atoms with van der Waals surface area (Å²) in [6, 6.07) is 0. The van der Waals surface area contributed by atoms with Crippen LogP contribution in [-0.4, -0.2) is 48.6 Å². The zero-order chi connectivity index (χ0) is 23.9. The molecule has 3 rings (SSSR count). The molecule has 1 aromatic rings. The topological polar surface area (TPSA) is 91.8 Å². The summed E-state index contributed by atoms with van der Waals surface area (Å²) in [4.78, 5) is 26.0. The maximum Gasteiger partial charge on any atom is 0.330 e. The molecule has 0 aromatic carbocycles. The van der Waals surface area contributed by atoms with E-state index in [1.54, 1.807) is 0 Å². The lowest BCUT2D eigenvalue weighted by Crippen LogP contribution is -2.44. The first-order chi connectivity index (χ1) is 14.8. The average Bonchev–Trinajstić information content (AvgIpc) is 3.19. The number of H-pyrrole nitrogens is 1. The highest BCUT2D eigenvalue weighted by Gasteiger charge is 2.58. The molecule has 2 aliphatic heterocycles. The second-order valence-corrected chi connectivity index (χ2v) is 15.2. The summed E-state index contributed by atoms with van der Waals surface area (Å²) in [6.45, 7) is 15.2. The molecule has 0 bridgehead atoms. The number of hydrogen-bond donors (Lipinski definition) is 1. The minimum atomic E-state index is -2.06. The van der Waals surface area contributed by atoms with Crippen molar-refractivity contribution in [2.75, 3.05) is 6.61 Å². The van der Waals surface area contributed by atoms with E-state index in [4.69, 9.17) is 18.6 Å². The van der Waals surface area contributed by atoms with Crippen molar-refractivity contribution in [3.63, 3.8) is 0 Å². The van der Waals surface area contributed by atoms with E-state index in [-0.39, 0.29) is 11.6 Å². The summed E-state index contributed by atoms with van der Waals surface area (Å²) in [6.07, 6.45) is 1.50. The van der Waals surface area contributed by atoms with Crippen LogP contribution >= 0.6 is 0 Å². The number of ether oxygens (including phenoxy) is 3. The molecule has 2 saturated heterocycles. The SMILES string of the molecule is CCCC1(CCC)OC2C(O1)[C@@H](CO[Si](C)(C)C(C)(C)C)O[C@H]2n1cc(F)c(=O)[nH]c1=O. The van der Waals surface area contributed by atoms with Gasteiger partial charge in [0.1, 0.15) is 18.3 Å². The Morgan fingerprint density at radius 3 is 2.31 bits per heavy atom. The number of halogens is 1. The Morgan fingerprint density at radius 2 is 1.75 bits per heavy atom. The van der Waals surface area contributed by atoms with Gasteiger partial charge in [-0.05, 0) is 18.1 Å². The quantitative estimate of drug-likeness (QED) is 0.581. The molecule has 2 fully saturated rings. The van der Waals surface area contributed by atoms with Crippen LogP contribution in [0.2, 0.25) is 18.1 Å². The number of rotatable bonds is 8. The fourth-order valence-electron chi connectivity index (χ4n) is 4.14. The molecule has 2 aliphatic rings. The predicted octanol–water partition coefficient (Wildman–Crippen LogP) is 3.68. The Kier molecular flexibility index (Phi) is 7.22. The van der Waals surface area contributed by atoms with Crippen molar-refractivity contribution in [2.45, 2.75) is 109 Å². The minimum Gasteiger partial charge on any atom is -0.414 e. The van der Waals surface area contributed by atoms with Crippen molar-refractivity contribution in [1.82, 2.24) is 9.55 Å². The van der Waals surface area contributed by atoms with Crippen molar-refractivity contribution < 1.29 is 23.0 Å². The standard InChI is InChI=1S/C22H37FN2O6Si/c1-8-10-22(11-9-2)30-16-15(13-28-32(6,7)21(3,4)5)29-19(17(16)31-22)25-12-14(23)18(26)24-20(25)27/h12,15-17,19H,8-11,13H2,1-7H3,(H,24,26,27)/t15-,16?,17?,19-/m1/s1. The molecule has 0 aliphatic carbocycles. The Balaban J connectivity index is 1.94. The van der Waals surface area contributed by atoms with E-state index in [2.05, 4.69) is 47.7 Å². The number of nitrogens with zero attached hydrogens (tertiary/aromatic N) is 1. The van der Waals surface area contributed by atoms with Crippen molar-refractivity contribution in [3.8, 4) is 0 Å². The third-order valence-electron chi connectivity index (χ3n) is 6.86. The van der Waals surface area contributed by atoms with Crippen LogP contribution in [0.1, 0.15) is 66.5 Å². The second-order valence-electron chi connectivity index (χ2n) is 10.4. The summed E-state index contributed by atoms with van der Waals surface area (Å²) >= 11 is 0. The van der Waals surface area contributed by atoms with Gasteiger partial charge in [-0.2, -0.15) is 4.39 Å². The largest absolute Gasteiger partial charge is 0.414 e. The molecule has 32 heavy (non-hydrogen) atoms. The lowest BCUT2D eigenvalue weighted by Gasteiger charge is -2.37. The third-order valence-corrected chi connectivity index (χ3v) is 11.4. The van der Waals surface area contributed by atoms with E-state index in [1.807, 2.05) is 4.98 Å². The fraction of sp³-hybridized carbons (Fsp3) is 0.818. The highest BCUT2D eigenvalue weighted by Crippen LogP contribution is 2.47. The summed E-state index contributed by atoms with van der Waals surface area (Å²) in [7, 11) is -2.06. The van der Waals surface area contributed by atoms with Gasteiger partial charge in [0, 0.05) is 12.8 Å². The monoisotopic (exact) mass is 472 g/mol. The molecule has 182 valence electrons. The van der Waals surface area contributed by atoms with Gasteiger partial charge in [0.2, 0.25) is 5.82 Å². The number of aromatic amines is 1. The van der Waals surface area contributed by atoms with Crippen molar-refractivity contribution >= 4 is 8.32 Å². The Morgan fingerprint density at radius 1 is 1.16 bits per heavy atom. The Hall–Kier alpha value is -1.33. The number of hydrogen-bond acceptors (Lipinski definition) is 6. The molecule has 0 amide bonds. The van der Waals surface area contributed by atoms with Gasteiger partial charge in [0.25, 0.3) is 5.56 Å². The highest BCUT2D eigenvalue weighted by molar-refractivity contribution is 6.74. The molecular weight excluding hydrogens is 435 g/mol. The molecule has 2 unspecified atom stereocenters. The van der Waals surface area contributed by atoms with E-state index in [0.717, 1.165) is 23.6 Å². The summed E-state index contributed by atoms with van der Waals surface area (Å²) < 4.78 is 40.5. The van der Waals surface area contributed by atoms with Gasteiger partial charge < -0.3 is 18.6 Å². The zero-order valence-corrected chi connectivity index (χ0v) is 21.2. The molecule has 10 heteroatoms. The number of nitrogens with one attached hydrogen (secondary N) is 1. The van der Waals surface area contributed by atoms with Crippen molar-refractivity contribution in [3.05, 3.63) is 32.9 Å². The molecule has 8 nitrogen and oxygen atoms in total. The molecule has 1 N–H and O–H groups in total. The van der Waals surface area contributed by atoms with Crippen molar-refractivity contribution in [1.29, 1.82) is 0 Å². The zero-order valence-electron chi connectivity index (χ0n) is 20.2. The molecule has 0 radical (unpaired) electrons. The third kappa shape index (κ3) is 4.79. The van der Waals surface area contributed by atoms with Gasteiger partial charge in [0.05, 0.1) is 12.8 Å². The average molecular weight is 473 g/mol. The van der Waals surface area contributed by atoms with Gasteiger partial charge >= 0.3 is 5.69 Å². The summed E-state index contributed by atoms with van der Waals surface area (Å²) in [5.41, 5.74) is -1.81. The Bertz CT molecular complexity index is 918. The number of aromatic nitrogens is 2. The summed E-state index contributed by atoms with van der Waals surface area (Å²) in [5.74, 6) is -1.83. The highest BCUT2D eigenvalue weighted by atomic mass is 28.4. The van der Waals surface area contributed by atoms with Gasteiger partial charge in [-0.15, -0.1) is 0 Å². The van der Waals surface area contributed by atoms with E-state index < -0.39 is 55.7 Å². The van der Waals surface area contributed by atoms with Crippen LogP contribution in [0, 0.1) is 5.82 Å². The van der Waals surface area contributed by atoms with Gasteiger partial charge in [0.15, 0.2) is 20.3 Å². The molecule has 1 aromatic heterocycles. The molecular formula is C22H37FN2O6Si. The first-order valence-electron chi connectivity index (χ1n) is 11.5. The van der Waals surface area contributed by atoms with Crippen LogP contribution in [0.5, 0.6) is 0 Å². The maximum atomic E-state index is 14.0. The van der Waals surface area contributed by atoms with Gasteiger partial charge in [-0.3, -0.25) is 14.3 Å². The first kappa shape index (κ1) is 25.3. The molecule has 4 atom stereocenters. The van der Waals surface area contributed by atoms with Crippen LogP contribution in [0.25, 0.3) is 0 Å². The predicted molar refractivity (Wildman–Crippen MR) is 121 cm³/mol. The van der Waals surface area contributed by atoms with Crippen LogP contribution in [-0.2, 0) is 18.6 Å². The van der Waals surface area contributed by atoms with Crippen LogP contribution in [0.15, 0.2) is 15.8 Å². The first-order valence-corrected chi connectivity index (χ1v) is 14.4. The van der Waals surface area contributed by atoms with E-state index in [9.17, 15) is 14.0 Å². The van der Waals surface area contributed by atoms with E-state index in [1.165, 1.54) is 0 Å². The fourth-order valence-corrected chi connectivity index (χ4v) is 5.15. The minimum absolute atomic E-state index is 0.0185. The lowest BCUT2D eigenvalue weighted by molar-refractivity contribution is -0.227. The van der Waals surface area contributed by atoms with Gasteiger partial charge in [-0.25, -0.2) is 4.79 Å². The normalized spacial score (nSPS) is 27.6. The van der Waals surface area contributed by atoms with E-state index in [0.29, 0.717) is 12.8 Å². The van der Waals surface area contributed by atoms with Crippen LogP contribution in [0.4, 0.5) is 4.39 Å². The smallest absolute Gasteiger partial charge is 0.330 e. The van der Waals surface area contributed by atoms with Crippen LogP contribution in [0.3, 0.4) is 0 Å². The second kappa shape index (κ2) is 9.13. The van der Waals surface area contributed by atoms with Gasteiger partial charge in [-0.1, -0.05) is 47.5 Å². The van der Waals surface area contributed by atoms with Crippen LogP contribution < -0.4 is 11.2 Å². The lowest BCUT2D eigenvalue weighted by atomic mass is 10.1. The molecule has 0 spiro atoms. The molecule has 0 saturated carbocycles. The Labute approximate surface area is 189 Å². The van der Waals surface area contributed by atoms with Crippen molar-refractivity contribution in [2.24, 2.45) is 0 Å². The van der Waals surface area contributed by atoms with E-state index >= 15 is 0 Å². The maximum absolute atomic E-state index is 14.0. The molecule has 3 heterocycles. The number of fused-ring (bicyclic) bond motifs is 1. The summed E-state index contributed by atoms with van der Waals surface area (Å²) in [5, 5.41) is 0.0185.